The molecule has 0 bridgehead atoms. The molecule has 0 N–H and O–H groups in total. The highest BCUT2D eigenvalue weighted by Crippen LogP contribution is 2.40. The van der Waals surface area contributed by atoms with E-state index in [0.717, 1.165) is 25.7 Å². The van der Waals surface area contributed by atoms with E-state index in [0.29, 0.717) is 29.2 Å². The summed E-state index contributed by atoms with van der Waals surface area (Å²) in [5.41, 5.74) is 1.82. The maximum absolute atomic E-state index is 15.0. The summed E-state index contributed by atoms with van der Waals surface area (Å²) in [5, 5.41) is 0. The number of halogens is 4. The normalized spacial score (nSPS) is 22.2. The van der Waals surface area contributed by atoms with Gasteiger partial charge in [-0.15, -0.1) is 6.58 Å². The summed E-state index contributed by atoms with van der Waals surface area (Å²) in [5.74, 6) is -3.08. The van der Waals surface area contributed by atoms with Gasteiger partial charge in [-0.3, -0.25) is 0 Å². The van der Waals surface area contributed by atoms with Crippen molar-refractivity contribution >= 4 is 0 Å². The molecule has 3 aromatic carbocycles. The predicted octanol–water partition coefficient (Wildman–Crippen LogP) is 8.11. The molecule has 0 amide bonds. The first-order valence-corrected chi connectivity index (χ1v) is 11.3. The van der Waals surface area contributed by atoms with Gasteiger partial charge in [0.05, 0.1) is 6.61 Å². The molecule has 170 valence electrons. The second-order valence-corrected chi connectivity index (χ2v) is 8.91. The van der Waals surface area contributed by atoms with Crippen molar-refractivity contribution in [3.63, 3.8) is 0 Å². The Morgan fingerprint density at radius 3 is 1.64 bits per heavy atom. The lowest BCUT2D eigenvalue weighted by atomic mass is 9.78. The van der Waals surface area contributed by atoms with Gasteiger partial charge in [0, 0.05) is 16.7 Å². The van der Waals surface area contributed by atoms with Crippen molar-refractivity contribution in [1.29, 1.82) is 0 Å². The topological polar surface area (TPSA) is 12.5 Å². The van der Waals surface area contributed by atoms with E-state index in [1.807, 2.05) is 6.08 Å². The lowest BCUT2D eigenvalue weighted by Gasteiger charge is -2.27. The Balaban J connectivity index is 1.40. The van der Waals surface area contributed by atoms with E-state index < -0.39 is 23.3 Å². The summed E-state index contributed by atoms with van der Waals surface area (Å²) in [6.45, 7) is 4.22. The quantitative estimate of drug-likeness (QED) is 0.216. The summed E-state index contributed by atoms with van der Waals surface area (Å²) >= 11 is 0. The highest BCUT2D eigenvalue weighted by molar-refractivity contribution is 5.71. The van der Waals surface area contributed by atoms with Gasteiger partial charge in [-0.25, -0.2) is 17.6 Å². The number of benzene rings is 3. The minimum atomic E-state index is -0.941. The van der Waals surface area contributed by atoms with Crippen molar-refractivity contribution in [1.82, 2.24) is 0 Å². The molecular formula is C28H24F4O. The van der Waals surface area contributed by atoms with Crippen LogP contribution in [0, 0.1) is 29.2 Å². The lowest BCUT2D eigenvalue weighted by molar-refractivity contribution is 0.364. The molecule has 1 unspecified atom stereocenters. The molecule has 1 nitrogen and oxygen atoms in total. The molecule has 0 aromatic heterocycles. The van der Waals surface area contributed by atoms with Crippen LogP contribution >= 0.6 is 0 Å². The maximum Gasteiger partial charge on any atom is 0.167 e. The zero-order valence-corrected chi connectivity index (χ0v) is 18.1. The number of rotatable bonds is 5. The van der Waals surface area contributed by atoms with Gasteiger partial charge in [-0.2, -0.15) is 0 Å². The smallest absolute Gasteiger partial charge is 0.167 e. The average Bonchev–Trinajstić information content (AvgIpc) is 3.68. The first kappa shape index (κ1) is 21.9. The Morgan fingerprint density at radius 1 is 0.667 bits per heavy atom. The van der Waals surface area contributed by atoms with E-state index in [1.54, 1.807) is 36.4 Å². The molecule has 1 saturated heterocycles. The fourth-order valence-corrected chi connectivity index (χ4v) is 4.86. The molecule has 1 atom stereocenters. The molecule has 2 fully saturated rings. The second-order valence-electron chi connectivity index (χ2n) is 8.91. The van der Waals surface area contributed by atoms with Crippen molar-refractivity contribution < 1.29 is 22.3 Å². The summed E-state index contributed by atoms with van der Waals surface area (Å²) in [6, 6.07) is 12.7. The van der Waals surface area contributed by atoms with E-state index >= 15 is 0 Å². The van der Waals surface area contributed by atoms with Gasteiger partial charge in [0.25, 0.3) is 0 Å². The molecule has 0 radical (unpaired) electrons. The van der Waals surface area contributed by atoms with Crippen molar-refractivity contribution in [2.24, 2.45) is 5.92 Å². The monoisotopic (exact) mass is 452 g/mol. The van der Waals surface area contributed by atoms with Gasteiger partial charge in [-0.1, -0.05) is 54.6 Å². The standard InChI is InChI=1S/C28H24F4O/c1-2-16-3-5-17(6-4-16)20-11-12-21(26(30)25(20)29)18-7-9-19(10-8-18)22-13-14-23(24-15-33-24)28(32)27(22)31/h2,7-14,16-17,24H,1,3-6,15H2. The zero-order valence-electron chi connectivity index (χ0n) is 18.1. The molecule has 33 heavy (non-hydrogen) atoms. The van der Waals surface area contributed by atoms with Gasteiger partial charge in [0.1, 0.15) is 6.10 Å². The third-order valence-corrected chi connectivity index (χ3v) is 6.96. The zero-order chi connectivity index (χ0) is 23.1. The van der Waals surface area contributed by atoms with Gasteiger partial charge >= 0.3 is 0 Å². The van der Waals surface area contributed by atoms with Crippen LogP contribution in [0.3, 0.4) is 0 Å². The highest BCUT2D eigenvalue weighted by atomic mass is 19.2. The molecular weight excluding hydrogens is 428 g/mol. The highest BCUT2D eigenvalue weighted by Gasteiger charge is 2.30. The molecule has 1 aliphatic carbocycles. The molecule has 1 saturated carbocycles. The van der Waals surface area contributed by atoms with Crippen LogP contribution in [-0.4, -0.2) is 6.61 Å². The largest absolute Gasteiger partial charge is 0.368 e. The SMILES string of the molecule is C=CC1CCC(c2ccc(-c3ccc(-c4ccc(C5CO5)c(F)c4F)cc3)c(F)c2F)CC1. The van der Waals surface area contributed by atoms with Crippen LogP contribution in [0.1, 0.15) is 48.8 Å². The van der Waals surface area contributed by atoms with Crippen LogP contribution < -0.4 is 0 Å². The number of hydrogen-bond donors (Lipinski definition) is 0. The Bertz CT molecular complexity index is 1190. The number of hydrogen-bond acceptors (Lipinski definition) is 1. The Morgan fingerprint density at radius 2 is 1.15 bits per heavy atom. The number of ether oxygens (including phenoxy) is 1. The van der Waals surface area contributed by atoms with Crippen LogP contribution in [0.15, 0.2) is 61.2 Å². The maximum atomic E-state index is 15.0. The van der Waals surface area contributed by atoms with Crippen LogP contribution in [0.5, 0.6) is 0 Å². The fourth-order valence-electron chi connectivity index (χ4n) is 4.86. The van der Waals surface area contributed by atoms with E-state index in [4.69, 9.17) is 4.74 Å². The fraction of sp³-hybridized carbons (Fsp3) is 0.286. The van der Waals surface area contributed by atoms with Gasteiger partial charge in [0.2, 0.25) is 0 Å². The van der Waals surface area contributed by atoms with E-state index in [1.165, 1.54) is 12.1 Å². The van der Waals surface area contributed by atoms with Crippen LogP contribution in [0.2, 0.25) is 0 Å². The Hall–Kier alpha value is -2.92. The van der Waals surface area contributed by atoms with Gasteiger partial charge in [-0.05, 0) is 54.2 Å². The molecule has 1 aliphatic heterocycles. The first-order valence-electron chi connectivity index (χ1n) is 11.3. The van der Waals surface area contributed by atoms with Crippen molar-refractivity contribution in [3.8, 4) is 22.3 Å². The average molecular weight is 452 g/mol. The summed E-state index contributed by atoms with van der Waals surface area (Å²) in [4.78, 5) is 0. The molecule has 3 aromatic rings. The van der Waals surface area contributed by atoms with Gasteiger partial charge < -0.3 is 4.74 Å². The second kappa shape index (κ2) is 8.79. The van der Waals surface area contributed by atoms with Crippen LogP contribution in [0.4, 0.5) is 17.6 Å². The molecule has 2 aliphatic rings. The van der Waals surface area contributed by atoms with Crippen molar-refractivity contribution in [2.75, 3.05) is 6.61 Å². The van der Waals surface area contributed by atoms with Crippen molar-refractivity contribution in [3.05, 3.63) is 95.6 Å². The van der Waals surface area contributed by atoms with Crippen LogP contribution in [-0.2, 0) is 4.74 Å². The molecule has 1 heterocycles. The summed E-state index contributed by atoms with van der Waals surface area (Å²) in [7, 11) is 0. The summed E-state index contributed by atoms with van der Waals surface area (Å²) in [6.07, 6.45) is 5.06. The molecule has 0 spiro atoms. The third-order valence-electron chi connectivity index (χ3n) is 6.96. The Kier molecular flexibility index (Phi) is 5.83. The van der Waals surface area contributed by atoms with E-state index in [2.05, 4.69) is 6.58 Å². The molecule has 5 rings (SSSR count). The van der Waals surface area contributed by atoms with Crippen LogP contribution in [0.25, 0.3) is 22.3 Å². The Labute approximate surface area is 190 Å². The summed E-state index contributed by atoms with van der Waals surface area (Å²) < 4.78 is 64.0. The number of allylic oxidation sites excluding steroid dienone is 1. The first-order chi connectivity index (χ1) is 16.0. The predicted molar refractivity (Wildman–Crippen MR) is 121 cm³/mol. The van der Waals surface area contributed by atoms with E-state index in [-0.39, 0.29) is 28.7 Å². The number of epoxide rings is 1. The minimum absolute atomic E-state index is 0.00834. The minimum Gasteiger partial charge on any atom is -0.368 e. The lowest BCUT2D eigenvalue weighted by Crippen LogP contribution is -2.13. The van der Waals surface area contributed by atoms with Gasteiger partial charge in [0.15, 0.2) is 23.3 Å². The van der Waals surface area contributed by atoms with E-state index in [9.17, 15) is 17.6 Å². The molecule has 5 heteroatoms. The van der Waals surface area contributed by atoms with Crippen molar-refractivity contribution in [2.45, 2.75) is 37.7 Å². The third kappa shape index (κ3) is 4.10.